The van der Waals surface area contributed by atoms with E-state index in [-0.39, 0.29) is 5.57 Å². The van der Waals surface area contributed by atoms with E-state index in [1.807, 2.05) is 48.5 Å². The van der Waals surface area contributed by atoms with E-state index in [0.717, 1.165) is 12.0 Å². The minimum atomic E-state index is -0.475. The average Bonchev–Trinajstić information content (AvgIpc) is 2.82. The van der Waals surface area contributed by atoms with Crippen molar-refractivity contribution in [3.05, 3.63) is 94.0 Å². The van der Waals surface area contributed by atoms with Gasteiger partial charge in [0.05, 0.1) is 7.11 Å². The highest BCUT2D eigenvalue weighted by molar-refractivity contribution is 6.30. The van der Waals surface area contributed by atoms with Crippen molar-refractivity contribution in [2.45, 2.75) is 20.0 Å². The second-order valence-corrected chi connectivity index (χ2v) is 7.44. The number of halogens is 1. The molecule has 3 rings (SSSR count). The van der Waals surface area contributed by atoms with Gasteiger partial charge in [0, 0.05) is 10.7 Å². The number of amides is 1. The van der Waals surface area contributed by atoms with Crippen LogP contribution >= 0.6 is 11.6 Å². The van der Waals surface area contributed by atoms with E-state index in [0.29, 0.717) is 34.4 Å². The lowest BCUT2D eigenvalue weighted by atomic mass is 10.1. The lowest BCUT2D eigenvalue weighted by Crippen LogP contribution is -2.13. The second kappa shape index (κ2) is 11.0. The van der Waals surface area contributed by atoms with Gasteiger partial charge in [-0.15, -0.1) is 0 Å². The van der Waals surface area contributed by atoms with Crippen LogP contribution in [0.15, 0.2) is 72.3 Å². The van der Waals surface area contributed by atoms with Crippen molar-refractivity contribution in [2.24, 2.45) is 0 Å². The van der Waals surface area contributed by atoms with Crippen molar-refractivity contribution in [3.63, 3.8) is 0 Å². The lowest BCUT2D eigenvalue weighted by Gasteiger charge is -2.12. The van der Waals surface area contributed by atoms with Gasteiger partial charge >= 0.3 is 0 Å². The molecule has 1 amide bonds. The minimum Gasteiger partial charge on any atom is -0.493 e. The van der Waals surface area contributed by atoms with Crippen molar-refractivity contribution in [2.75, 3.05) is 12.4 Å². The maximum absolute atomic E-state index is 12.5. The van der Waals surface area contributed by atoms with Crippen LogP contribution in [0.25, 0.3) is 6.08 Å². The Balaban J connectivity index is 1.73. The molecule has 0 saturated heterocycles. The highest BCUT2D eigenvalue weighted by Crippen LogP contribution is 2.30. The SMILES string of the molecule is CCc1ccc(NC(=O)/C(C#N)=C/c2ccc(OCc3cccc(Cl)c3)c(OC)c2)cc1. The molecule has 0 aliphatic heterocycles. The molecule has 0 bridgehead atoms. The fourth-order valence-corrected chi connectivity index (χ4v) is 3.23. The first-order chi connectivity index (χ1) is 15.5. The first-order valence-corrected chi connectivity index (χ1v) is 10.5. The fourth-order valence-electron chi connectivity index (χ4n) is 3.02. The molecule has 0 aliphatic carbocycles. The third-order valence-corrected chi connectivity index (χ3v) is 5.00. The number of anilines is 1. The average molecular weight is 447 g/mol. The van der Waals surface area contributed by atoms with Crippen LogP contribution in [0, 0.1) is 11.3 Å². The Kier molecular flexibility index (Phi) is 7.91. The van der Waals surface area contributed by atoms with Crippen LogP contribution in [0.5, 0.6) is 11.5 Å². The van der Waals surface area contributed by atoms with Crippen molar-refractivity contribution in [3.8, 4) is 17.6 Å². The molecule has 162 valence electrons. The van der Waals surface area contributed by atoms with Gasteiger partial charge in [-0.1, -0.05) is 48.9 Å². The maximum Gasteiger partial charge on any atom is 0.266 e. The quantitative estimate of drug-likeness (QED) is 0.338. The summed E-state index contributed by atoms with van der Waals surface area (Å²) in [5.41, 5.74) is 3.36. The standard InChI is InChI=1S/C26H23ClN2O3/c1-3-18-7-10-23(11-8-18)29-26(30)21(16-28)13-19-9-12-24(25(15-19)31-2)32-17-20-5-4-6-22(27)14-20/h4-15H,3,17H2,1-2H3,(H,29,30)/b21-13+. The Bertz CT molecular complexity index is 1160. The predicted octanol–water partition coefficient (Wildman–Crippen LogP) is 6.04. The molecular formula is C26H23ClN2O3. The summed E-state index contributed by atoms with van der Waals surface area (Å²) >= 11 is 6.01. The number of benzene rings is 3. The van der Waals surface area contributed by atoms with Crippen LogP contribution in [-0.4, -0.2) is 13.0 Å². The van der Waals surface area contributed by atoms with Gasteiger partial charge in [-0.3, -0.25) is 4.79 Å². The van der Waals surface area contributed by atoms with E-state index in [4.69, 9.17) is 21.1 Å². The van der Waals surface area contributed by atoms with Crippen LogP contribution in [0.3, 0.4) is 0 Å². The second-order valence-electron chi connectivity index (χ2n) is 7.00. The van der Waals surface area contributed by atoms with Crippen molar-refractivity contribution in [1.29, 1.82) is 5.26 Å². The van der Waals surface area contributed by atoms with Gasteiger partial charge in [-0.25, -0.2) is 0 Å². The maximum atomic E-state index is 12.5. The molecule has 3 aromatic carbocycles. The van der Waals surface area contributed by atoms with Gasteiger partial charge in [-0.2, -0.15) is 5.26 Å². The summed E-state index contributed by atoms with van der Waals surface area (Å²) in [6, 6.07) is 22.1. The first kappa shape index (κ1) is 22.9. The first-order valence-electron chi connectivity index (χ1n) is 10.1. The third-order valence-electron chi connectivity index (χ3n) is 4.77. The minimum absolute atomic E-state index is 0.0146. The molecule has 1 N–H and O–H groups in total. The summed E-state index contributed by atoms with van der Waals surface area (Å²) in [6.07, 6.45) is 2.43. The van der Waals surface area contributed by atoms with Crippen LogP contribution in [0.2, 0.25) is 5.02 Å². The summed E-state index contributed by atoms with van der Waals surface area (Å²) in [7, 11) is 1.53. The molecule has 0 fully saturated rings. The largest absolute Gasteiger partial charge is 0.493 e. The number of aryl methyl sites for hydroxylation is 1. The van der Waals surface area contributed by atoms with Crippen LogP contribution in [-0.2, 0) is 17.8 Å². The van der Waals surface area contributed by atoms with Crippen molar-refractivity contribution < 1.29 is 14.3 Å². The normalized spacial score (nSPS) is 10.9. The summed E-state index contributed by atoms with van der Waals surface area (Å²) in [6.45, 7) is 2.39. The van der Waals surface area contributed by atoms with Crippen molar-refractivity contribution >= 4 is 29.3 Å². The van der Waals surface area contributed by atoms with Gasteiger partial charge < -0.3 is 14.8 Å². The lowest BCUT2D eigenvalue weighted by molar-refractivity contribution is -0.112. The number of carbonyl (C=O) groups excluding carboxylic acids is 1. The van der Waals surface area contributed by atoms with Gasteiger partial charge in [0.15, 0.2) is 11.5 Å². The zero-order valence-electron chi connectivity index (χ0n) is 17.9. The molecule has 0 saturated carbocycles. The molecule has 32 heavy (non-hydrogen) atoms. The summed E-state index contributed by atoms with van der Waals surface area (Å²) in [5, 5.41) is 12.9. The van der Waals surface area contributed by atoms with E-state index < -0.39 is 5.91 Å². The van der Waals surface area contributed by atoms with Gasteiger partial charge in [0.2, 0.25) is 0 Å². The Labute approximate surface area is 192 Å². The number of nitriles is 1. The Hall–Kier alpha value is -3.75. The zero-order valence-corrected chi connectivity index (χ0v) is 18.6. The number of methoxy groups -OCH3 is 1. The van der Waals surface area contributed by atoms with E-state index in [2.05, 4.69) is 12.2 Å². The molecule has 0 unspecified atom stereocenters. The fraction of sp³-hybridized carbons (Fsp3) is 0.154. The number of nitrogens with zero attached hydrogens (tertiary/aromatic N) is 1. The number of rotatable bonds is 8. The Morgan fingerprint density at radius 1 is 1.06 bits per heavy atom. The highest BCUT2D eigenvalue weighted by atomic mass is 35.5. The Morgan fingerprint density at radius 2 is 1.84 bits per heavy atom. The monoisotopic (exact) mass is 446 g/mol. The summed E-state index contributed by atoms with van der Waals surface area (Å²) < 4.78 is 11.3. The molecule has 5 nitrogen and oxygen atoms in total. The number of hydrogen-bond acceptors (Lipinski definition) is 4. The molecule has 0 spiro atoms. The number of nitrogens with one attached hydrogen (secondary N) is 1. The molecule has 0 atom stereocenters. The molecule has 0 aliphatic rings. The zero-order chi connectivity index (χ0) is 22.9. The number of carbonyl (C=O) groups is 1. The predicted molar refractivity (Wildman–Crippen MR) is 127 cm³/mol. The molecule has 6 heteroatoms. The van der Waals surface area contributed by atoms with Gasteiger partial charge in [0.1, 0.15) is 18.2 Å². The van der Waals surface area contributed by atoms with E-state index >= 15 is 0 Å². The van der Waals surface area contributed by atoms with Crippen molar-refractivity contribution in [1.82, 2.24) is 0 Å². The molecule has 3 aromatic rings. The number of ether oxygens (including phenoxy) is 2. The molecule has 0 heterocycles. The topological polar surface area (TPSA) is 71.4 Å². The van der Waals surface area contributed by atoms with Crippen LogP contribution in [0.4, 0.5) is 5.69 Å². The Morgan fingerprint density at radius 3 is 2.50 bits per heavy atom. The van der Waals surface area contributed by atoms with Crippen LogP contribution in [0.1, 0.15) is 23.6 Å². The molecule has 0 radical (unpaired) electrons. The third kappa shape index (κ3) is 6.13. The van der Waals surface area contributed by atoms with E-state index in [1.54, 1.807) is 24.3 Å². The van der Waals surface area contributed by atoms with E-state index in [1.165, 1.54) is 18.7 Å². The number of hydrogen-bond donors (Lipinski definition) is 1. The summed E-state index contributed by atoms with van der Waals surface area (Å²) in [4.78, 5) is 12.5. The van der Waals surface area contributed by atoms with E-state index in [9.17, 15) is 10.1 Å². The smallest absolute Gasteiger partial charge is 0.266 e. The summed E-state index contributed by atoms with van der Waals surface area (Å²) in [5.74, 6) is 0.564. The van der Waals surface area contributed by atoms with Gasteiger partial charge in [-0.05, 0) is 65.6 Å². The highest BCUT2D eigenvalue weighted by Gasteiger charge is 2.11. The van der Waals surface area contributed by atoms with Crippen LogP contribution < -0.4 is 14.8 Å². The van der Waals surface area contributed by atoms with Gasteiger partial charge in [0.25, 0.3) is 5.91 Å². The molecule has 0 aromatic heterocycles. The molecular weight excluding hydrogens is 424 g/mol.